The molecular weight excluding hydrogens is 306 g/mol. The van der Waals surface area contributed by atoms with Crippen molar-refractivity contribution in [3.8, 4) is 11.5 Å². The fraction of sp³-hybridized carbons (Fsp3) is 0.0588. The zero-order valence-electron chi connectivity index (χ0n) is 12.5. The highest BCUT2D eigenvalue weighted by Crippen LogP contribution is 2.13. The van der Waals surface area contributed by atoms with Crippen LogP contribution in [-0.4, -0.2) is 26.1 Å². The number of allylic oxidation sites excluding steroid dienone is 1. The molecule has 0 atom stereocenters. The summed E-state index contributed by atoms with van der Waals surface area (Å²) in [5.41, 5.74) is 2.84. The van der Waals surface area contributed by atoms with E-state index in [4.69, 9.17) is 12.2 Å². The number of rotatable bonds is 4. The van der Waals surface area contributed by atoms with E-state index in [2.05, 4.69) is 20.3 Å². The third-order valence-electron chi connectivity index (χ3n) is 3.12. The summed E-state index contributed by atoms with van der Waals surface area (Å²) in [4.78, 5) is 4.28. The molecule has 1 N–H and O–H groups in total. The van der Waals surface area contributed by atoms with E-state index in [0.717, 1.165) is 11.1 Å². The Hall–Kier alpha value is -2.86. The first-order chi connectivity index (χ1) is 11.2. The monoisotopic (exact) mass is 321 g/mol. The fourth-order valence-corrected chi connectivity index (χ4v) is 2.24. The molecule has 0 bridgehead atoms. The Morgan fingerprint density at radius 1 is 1.17 bits per heavy atom. The zero-order valence-corrected chi connectivity index (χ0v) is 13.4. The molecule has 1 aromatic carbocycles. The molecule has 3 aromatic rings. The Labute approximate surface area is 139 Å². The maximum absolute atomic E-state index is 5.24. The number of nitrogens with one attached hydrogen (secondary N) is 1. The minimum atomic E-state index is 0.425. The second-order valence-corrected chi connectivity index (χ2v) is 5.31. The van der Waals surface area contributed by atoms with E-state index in [1.165, 1.54) is 0 Å². The average Bonchev–Trinajstić information content (AvgIpc) is 2.95. The highest BCUT2D eigenvalue weighted by atomic mass is 32.1. The third-order valence-corrected chi connectivity index (χ3v) is 3.38. The Bertz CT molecular complexity index is 891. The molecular formula is C17H15N5S. The van der Waals surface area contributed by atoms with Gasteiger partial charge in [0.15, 0.2) is 0 Å². The molecule has 6 heteroatoms. The predicted octanol–water partition coefficient (Wildman–Crippen LogP) is 3.94. The predicted molar refractivity (Wildman–Crippen MR) is 94.6 cm³/mol. The standard InChI is InChI=1S/C17H15N5S/c1-13(11-14-7-3-2-4-8-14)12-19-22-16(20-21-17(22)23)15-9-5-6-10-18-15/h2-12H,1H3,(H,21,23)/b13-11+,19-12-. The van der Waals surface area contributed by atoms with Crippen LogP contribution in [0, 0.1) is 4.77 Å². The van der Waals surface area contributed by atoms with Gasteiger partial charge < -0.3 is 0 Å². The second kappa shape index (κ2) is 6.93. The molecule has 2 heterocycles. The first-order valence-electron chi connectivity index (χ1n) is 7.10. The van der Waals surface area contributed by atoms with E-state index < -0.39 is 0 Å². The highest BCUT2D eigenvalue weighted by Gasteiger charge is 2.08. The van der Waals surface area contributed by atoms with Crippen LogP contribution in [0.5, 0.6) is 0 Å². The van der Waals surface area contributed by atoms with Crippen LogP contribution in [0.25, 0.3) is 17.6 Å². The van der Waals surface area contributed by atoms with Crippen molar-refractivity contribution >= 4 is 24.5 Å². The molecule has 0 unspecified atom stereocenters. The third kappa shape index (κ3) is 3.67. The van der Waals surface area contributed by atoms with Crippen LogP contribution in [0.4, 0.5) is 0 Å². The molecule has 0 aliphatic rings. The number of H-pyrrole nitrogens is 1. The van der Waals surface area contributed by atoms with Crippen molar-refractivity contribution in [2.24, 2.45) is 5.10 Å². The van der Waals surface area contributed by atoms with E-state index in [1.807, 2.05) is 61.5 Å². The SMILES string of the molecule is CC(/C=N\n1c(-c2ccccn2)n[nH]c1=S)=C\c1ccccc1. The summed E-state index contributed by atoms with van der Waals surface area (Å²) in [7, 11) is 0. The van der Waals surface area contributed by atoms with Gasteiger partial charge in [-0.05, 0) is 42.4 Å². The van der Waals surface area contributed by atoms with Gasteiger partial charge in [0.1, 0.15) is 5.69 Å². The normalized spacial score (nSPS) is 12.0. The number of hydrogen-bond donors (Lipinski definition) is 1. The molecule has 5 nitrogen and oxygen atoms in total. The molecule has 2 aromatic heterocycles. The summed E-state index contributed by atoms with van der Waals surface area (Å²) in [5, 5.41) is 11.4. The number of nitrogens with zero attached hydrogens (tertiary/aromatic N) is 4. The molecule has 0 saturated heterocycles. The van der Waals surface area contributed by atoms with Gasteiger partial charge in [-0.3, -0.25) is 4.98 Å². The summed E-state index contributed by atoms with van der Waals surface area (Å²) in [6.07, 6.45) is 5.51. The Morgan fingerprint density at radius 3 is 2.70 bits per heavy atom. The van der Waals surface area contributed by atoms with Crippen LogP contribution >= 0.6 is 12.2 Å². The number of hydrogen-bond acceptors (Lipinski definition) is 4. The number of aromatic amines is 1. The topological polar surface area (TPSA) is 58.9 Å². The zero-order chi connectivity index (χ0) is 16.1. The molecule has 0 fully saturated rings. The average molecular weight is 321 g/mol. The summed E-state index contributed by atoms with van der Waals surface area (Å²) in [6, 6.07) is 15.7. The van der Waals surface area contributed by atoms with Crippen LogP contribution in [0.3, 0.4) is 0 Å². The minimum Gasteiger partial charge on any atom is -0.253 e. The van der Waals surface area contributed by atoms with E-state index in [1.54, 1.807) is 17.1 Å². The lowest BCUT2D eigenvalue weighted by atomic mass is 10.1. The van der Waals surface area contributed by atoms with Gasteiger partial charge in [0.05, 0.1) is 6.21 Å². The van der Waals surface area contributed by atoms with Crippen molar-refractivity contribution in [3.05, 3.63) is 70.6 Å². The van der Waals surface area contributed by atoms with Crippen molar-refractivity contribution in [2.75, 3.05) is 0 Å². The molecule has 0 aliphatic heterocycles. The van der Waals surface area contributed by atoms with Crippen molar-refractivity contribution in [3.63, 3.8) is 0 Å². The van der Waals surface area contributed by atoms with E-state index >= 15 is 0 Å². The Balaban J connectivity index is 1.90. The fourth-order valence-electron chi connectivity index (χ4n) is 2.06. The highest BCUT2D eigenvalue weighted by molar-refractivity contribution is 7.71. The van der Waals surface area contributed by atoms with Crippen molar-refractivity contribution in [2.45, 2.75) is 6.92 Å². The summed E-state index contributed by atoms with van der Waals surface area (Å²) < 4.78 is 1.99. The molecule has 0 aliphatic carbocycles. The second-order valence-electron chi connectivity index (χ2n) is 4.92. The van der Waals surface area contributed by atoms with Gasteiger partial charge >= 0.3 is 0 Å². The van der Waals surface area contributed by atoms with Crippen LogP contribution in [0.1, 0.15) is 12.5 Å². The van der Waals surface area contributed by atoms with Crippen molar-refractivity contribution < 1.29 is 0 Å². The summed E-state index contributed by atoms with van der Waals surface area (Å²) >= 11 is 5.24. The first-order valence-corrected chi connectivity index (χ1v) is 7.51. The molecule has 0 spiro atoms. The largest absolute Gasteiger partial charge is 0.253 e. The summed E-state index contributed by atoms with van der Waals surface area (Å²) in [6.45, 7) is 1.99. The van der Waals surface area contributed by atoms with Crippen LogP contribution in [-0.2, 0) is 0 Å². The smallest absolute Gasteiger partial charge is 0.216 e. The summed E-state index contributed by atoms with van der Waals surface area (Å²) in [5.74, 6) is 0.583. The minimum absolute atomic E-state index is 0.425. The molecule has 114 valence electrons. The van der Waals surface area contributed by atoms with Crippen molar-refractivity contribution in [1.82, 2.24) is 19.9 Å². The quantitative estimate of drug-likeness (QED) is 0.585. The van der Waals surface area contributed by atoms with Crippen LogP contribution in [0.2, 0.25) is 0 Å². The van der Waals surface area contributed by atoms with Crippen LogP contribution < -0.4 is 0 Å². The lowest BCUT2D eigenvalue weighted by Gasteiger charge is -2.00. The molecule has 3 rings (SSSR count). The Kier molecular flexibility index (Phi) is 4.54. The van der Waals surface area contributed by atoms with Gasteiger partial charge in [0, 0.05) is 6.20 Å². The lowest BCUT2D eigenvalue weighted by Crippen LogP contribution is -1.96. The van der Waals surface area contributed by atoms with Crippen LogP contribution in [0.15, 0.2) is 65.4 Å². The van der Waals surface area contributed by atoms with E-state index in [0.29, 0.717) is 16.3 Å². The first kappa shape index (κ1) is 15.1. The maximum atomic E-state index is 5.24. The Morgan fingerprint density at radius 2 is 1.96 bits per heavy atom. The van der Waals surface area contributed by atoms with Gasteiger partial charge in [-0.2, -0.15) is 14.9 Å². The van der Waals surface area contributed by atoms with E-state index in [-0.39, 0.29) is 0 Å². The molecule has 23 heavy (non-hydrogen) atoms. The lowest BCUT2D eigenvalue weighted by molar-refractivity contribution is 0.867. The van der Waals surface area contributed by atoms with Gasteiger partial charge in [-0.1, -0.05) is 42.5 Å². The maximum Gasteiger partial charge on any atom is 0.216 e. The van der Waals surface area contributed by atoms with Gasteiger partial charge in [0.2, 0.25) is 10.6 Å². The number of benzene rings is 1. The van der Waals surface area contributed by atoms with Crippen molar-refractivity contribution in [1.29, 1.82) is 0 Å². The van der Waals surface area contributed by atoms with Gasteiger partial charge in [-0.15, -0.1) is 0 Å². The molecule has 0 radical (unpaired) electrons. The van der Waals surface area contributed by atoms with Gasteiger partial charge in [-0.25, -0.2) is 5.10 Å². The van der Waals surface area contributed by atoms with Gasteiger partial charge in [0.25, 0.3) is 0 Å². The molecule has 0 amide bonds. The number of pyridine rings is 1. The molecule has 0 saturated carbocycles. The number of aromatic nitrogens is 4. The van der Waals surface area contributed by atoms with E-state index in [9.17, 15) is 0 Å².